The molecule has 0 saturated carbocycles. The van der Waals surface area contributed by atoms with Crippen LogP contribution in [0.4, 0.5) is 5.69 Å². The quantitative estimate of drug-likeness (QED) is 0.314. The molecule has 3 unspecified atom stereocenters. The molecule has 3 nitrogen and oxygen atoms in total. The molecular formula is C33H47N3S. The van der Waals surface area contributed by atoms with Crippen LogP contribution >= 0.6 is 12.1 Å². The Bertz CT molecular complexity index is 1070. The lowest BCUT2D eigenvalue weighted by molar-refractivity contribution is 0.272. The van der Waals surface area contributed by atoms with Gasteiger partial charge in [0, 0.05) is 55.1 Å². The van der Waals surface area contributed by atoms with Crippen LogP contribution in [0.3, 0.4) is 0 Å². The Morgan fingerprint density at radius 1 is 1.14 bits per heavy atom. The van der Waals surface area contributed by atoms with Crippen LogP contribution in [-0.4, -0.2) is 30.5 Å². The van der Waals surface area contributed by atoms with Crippen molar-refractivity contribution in [1.29, 1.82) is 0 Å². The summed E-state index contributed by atoms with van der Waals surface area (Å²) in [5, 5.41) is 0. The maximum Gasteiger partial charge on any atom is 0.0453 e. The van der Waals surface area contributed by atoms with Crippen molar-refractivity contribution in [1.82, 2.24) is 9.03 Å². The third-order valence-electron chi connectivity index (χ3n) is 9.42. The number of anilines is 1. The Labute approximate surface area is 230 Å². The summed E-state index contributed by atoms with van der Waals surface area (Å²) in [6.07, 6.45) is 21.0. The molecule has 2 aliphatic heterocycles. The number of hydrogen-bond donors (Lipinski definition) is 1. The van der Waals surface area contributed by atoms with E-state index < -0.39 is 0 Å². The number of hydrogen-bond acceptors (Lipinski definition) is 4. The third-order valence-corrected chi connectivity index (χ3v) is 10.5. The molecule has 4 aliphatic rings. The third kappa shape index (κ3) is 5.76. The van der Waals surface area contributed by atoms with Crippen molar-refractivity contribution in [3.8, 4) is 0 Å². The predicted octanol–water partition coefficient (Wildman–Crippen LogP) is 8.32. The van der Waals surface area contributed by atoms with Gasteiger partial charge in [0.1, 0.15) is 0 Å². The summed E-state index contributed by atoms with van der Waals surface area (Å²) in [5.74, 6) is 1.37. The van der Waals surface area contributed by atoms with Gasteiger partial charge in [0.25, 0.3) is 0 Å². The highest BCUT2D eigenvalue weighted by atomic mass is 32.2. The van der Waals surface area contributed by atoms with Gasteiger partial charge in [-0.15, -0.1) is 0 Å². The summed E-state index contributed by atoms with van der Waals surface area (Å²) in [6.45, 7) is 15.9. The molecule has 3 atom stereocenters. The minimum Gasteiger partial charge on any atom is -0.370 e. The molecule has 0 fully saturated rings. The van der Waals surface area contributed by atoms with Gasteiger partial charge < -0.3 is 9.62 Å². The van der Waals surface area contributed by atoms with Gasteiger partial charge in [-0.05, 0) is 86.0 Å². The van der Waals surface area contributed by atoms with Crippen molar-refractivity contribution in [2.24, 2.45) is 17.3 Å². The van der Waals surface area contributed by atoms with E-state index in [9.17, 15) is 0 Å². The van der Waals surface area contributed by atoms with E-state index in [4.69, 9.17) is 0 Å². The molecule has 0 aromatic heterocycles. The SMILES string of the molecule is C=C1NSN(CC)CC/C=C\CC(CC)C(C)CN2CC3(CCCC4=C3C=CCC4)Cc3ccc1cc32. The molecule has 0 amide bonds. The topological polar surface area (TPSA) is 18.5 Å². The molecule has 2 aliphatic carbocycles. The number of rotatable bonds is 2. The van der Waals surface area contributed by atoms with Gasteiger partial charge in [0.15, 0.2) is 0 Å². The molecule has 0 radical (unpaired) electrons. The smallest absolute Gasteiger partial charge is 0.0453 e. The van der Waals surface area contributed by atoms with Crippen molar-refractivity contribution in [2.45, 2.75) is 78.6 Å². The van der Waals surface area contributed by atoms with Gasteiger partial charge in [-0.2, -0.15) is 0 Å². The molecule has 2 heterocycles. The van der Waals surface area contributed by atoms with E-state index in [0.717, 1.165) is 44.2 Å². The summed E-state index contributed by atoms with van der Waals surface area (Å²) in [7, 11) is 0. The Morgan fingerprint density at radius 2 is 2.03 bits per heavy atom. The molecule has 37 heavy (non-hydrogen) atoms. The van der Waals surface area contributed by atoms with Gasteiger partial charge in [0.05, 0.1) is 0 Å². The maximum atomic E-state index is 4.43. The number of nitrogens with zero attached hydrogens (tertiary/aromatic N) is 2. The first kappa shape index (κ1) is 26.7. The first-order chi connectivity index (χ1) is 18.0. The van der Waals surface area contributed by atoms with E-state index in [2.05, 4.69) is 83.8 Å². The number of fused-ring (bicyclic) bond motifs is 2. The van der Waals surface area contributed by atoms with E-state index in [-0.39, 0.29) is 5.41 Å². The van der Waals surface area contributed by atoms with Crippen LogP contribution < -0.4 is 9.62 Å². The molecule has 1 spiro atoms. The van der Waals surface area contributed by atoms with Crippen molar-refractivity contribution in [3.05, 3.63) is 71.4 Å². The monoisotopic (exact) mass is 517 g/mol. The number of nitrogens with one attached hydrogen (secondary N) is 1. The van der Waals surface area contributed by atoms with Crippen LogP contribution in [0.1, 0.15) is 83.3 Å². The van der Waals surface area contributed by atoms with Crippen LogP contribution in [0.5, 0.6) is 0 Å². The fourth-order valence-corrected chi connectivity index (χ4v) is 7.91. The zero-order valence-electron chi connectivity index (χ0n) is 23.4. The second-order valence-corrected chi connectivity index (χ2v) is 12.7. The average molecular weight is 518 g/mol. The van der Waals surface area contributed by atoms with Gasteiger partial charge >= 0.3 is 0 Å². The Morgan fingerprint density at radius 3 is 2.86 bits per heavy atom. The summed E-state index contributed by atoms with van der Waals surface area (Å²) in [4.78, 5) is 2.78. The van der Waals surface area contributed by atoms with Gasteiger partial charge in [0.2, 0.25) is 0 Å². The molecule has 5 rings (SSSR count). The van der Waals surface area contributed by atoms with E-state index >= 15 is 0 Å². The molecule has 4 heteroatoms. The minimum atomic E-state index is 0.272. The lowest BCUT2D eigenvalue weighted by Gasteiger charge is -2.50. The summed E-state index contributed by atoms with van der Waals surface area (Å²) in [6, 6.07) is 7.16. The molecule has 2 bridgehead atoms. The van der Waals surface area contributed by atoms with E-state index in [1.165, 1.54) is 68.2 Å². The van der Waals surface area contributed by atoms with Gasteiger partial charge in [-0.1, -0.05) is 75.8 Å². The molecule has 1 N–H and O–H groups in total. The Balaban J connectivity index is 1.52. The standard InChI is InChI=1S/C33H47N3S/c1-5-27-13-8-7-11-20-36(6-2)37-34-26(4)29-17-18-30-22-33(24-35(23-25(27)3)32(30)21-29)19-12-15-28-14-9-10-16-31(28)33/h7-8,10,16-18,21,25,27,34H,4-6,9,11-15,19-20,22-24H2,1-3H3/b8-7-. The molecule has 0 saturated heterocycles. The Hall–Kier alpha value is -1.91. The van der Waals surface area contributed by atoms with Crippen molar-refractivity contribution < 1.29 is 0 Å². The minimum absolute atomic E-state index is 0.272. The Kier molecular flexibility index (Phi) is 8.56. The summed E-state index contributed by atoms with van der Waals surface area (Å²) < 4.78 is 5.94. The van der Waals surface area contributed by atoms with Crippen LogP contribution in [0.25, 0.3) is 5.70 Å². The highest BCUT2D eigenvalue weighted by Crippen LogP contribution is 2.51. The predicted molar refractivity (Wildman–Crippen MR) is 162 cm³/mol. The van der Waals surface area contributed by atoms with Crippen LogP contribution in [-0.2, 0) is 6.42 Å². The molecule has 200 valence electrons. The fourth-order valence-electron chi connectivity index (χ4n) is 7.23. The summed E-state index contributed by atoms with van der Waals surface area (Å²) in [5.41, 5.74) is 8.91. The van der Waals surface area contributed by atoms with Gasteiger partial charge in [-0.3, -0.25) is 0 Å². The molecule has 1 aromatic rings. The maximum absolute atomic E-state index is 4.43. The highest BCUT2D eigenvalue weighted by Gasteiger charge is 2.43. The fraction of sp³-hybridized carbons (Fsp3) is 0.576. The number of allylic oxidation sites excluding steroid dienone is 4. The first-order valence-electron chi connectivity index (χ1n) is 14.8. The van der Waals surface area contributed by atoms with Crippen molar-refractivity contribution in [3.63, 3.8) is 0 Å². The van der Waals surface area contributed by atoms with Crippen LogP contribution in [0.2, 0.25) is 0 Å². The van der Waals surface area contributed by atoms with Crippen molar-refractivity contribution in [2.75, 3.05) is 31.1 Å². The second kappa shape index (κ2) is 11.9. The normalized spacial score (nSPS) is 30.2. The van der Waals surface area contributed by atoms with Crippen LogP contribution in [0.15, 0.2) is 60.2 Å². The molecule has 1 aromatic carbocycles. The highest BCUT2D eigenvalue weighted by molar-refractivity contribution is 7.95. The van der Waals surface area contributed by atoms with Crippen LogP contribution in [0, 0.1) is 17.3 Å². The molecular weight excluding hydrogens is 470 g/mol. The lowest BCUT2D eigenvalue weighted by Crippen LogP contribution is -2.48. The van der Waals surface area contributed by atoms with E-state index in [0.29, 0.717) is 5.92 Å². The number of benzene rings is 1. The van der Waals surface area contributed by atoms with E-state index in [1.54, 1.807) is 23.3 Å². The van der Waals surface area contributed by atoms with E-state index in [1.807, 2.05) is 0 Å². The zero-order chi connectivity index (χ0) is 25.8. The summed E-state index contributed by atoms with van der Waals surface area (Å²) >= 11 is 1.70. The van der Waals surface area contributed by atoms with Gasteiger partial charge in [-0.25, -0.2) is 4.31 Å². The first-order valence-corrected chi connectivity index (χ1v) is 15.6. The largest absolute Gasteiger partial charge is 0.370 e. The van der Waals surface area contributed by atoms with Crippen molar-refractivity contribution >= 4 is 23.5 Å². The zero-order valence-corrected chi connectivity index (χ0v) is 24.2. The lowest BCUT2D eigenvalue weighted by atomic mass is 9.63. The second-order valence-electron chi connectivity index (χ2n) is 11.8. The average Bonchev–Trinajstić information content (AvgIpc) is 2.91.